The van der Waals surface area contributed by atoms with Gasteiger partial charge in [0.15, 0.2) is 0 Å². The second-order valence-electron chi connectivity index (χ2n) is 0.889. The molecule has 0 unspecified atom stereocenters. The molecule has 0 aliphatic carbocycles. The van der Waals surface area contributed by atoms with E-state index in [0.29, 0.717) is 0 Å². The van der Waals surface area contributed by atoms with Crippen molar-refractivity contribution in [2.75, 3.05) is 0 Å². The highest BCUT2D eigenvalue weighted by molar-refractivity contribution is 7.99. The van der Waals surface area contributed by atoms with Crippen LogP contribution in [0.2, 0.25) is 0 Å². The minimum atomic E-state index is 0. The van der Waals surface area contributed by atoms with E-state index in [0.717, 1.165) is 6.42 Å². The van der Waals surface area contributed by atoms with Crippen LogP contribution in [0.1, 0.15) is 13.3 Å². The summed E-state index contributed by atoms with van der Waals surface area (Å²) in [6, 6.07) is 0. The zero-order valence-corrected chi connectivity index (χ0v) is 5.67. The SMILES string of the molecule is CCC(S)S.N. The summed E-state index contributed by atoms with van der Waals surface area (Å²) in [5.74, 6) is 0. The molecule has 0 aromatic heterocycles. The molecule has 40 valence electrons. The minimum Gasteiger partial charge on any atom is -0.344 e. The average molecular weight is 125 g/mol. The van der Waals surface area contributed by atoms with Gasteiger partial charge in [-0.15, -0.1) is 0 Å². The van der Waals surface area contributed by atoms with E-state index in [1.807, 2.05) is 6.92 Å². The van der Waals surface area contributed by atoms with E-state index in [-0.39, 0.29) is 10.7 Å². The zero-order valence-electron chi connectivity index (χ0n) is 3.89. The molecule has 0 atom stereocenters. The predicted octanol–water partition coefficient (Wildman–Crippen LogP) is 1.74. The van der Waals surface area contributed by atoms with Crippen molar-refractivity contribution in [3.63, 3.8) is 0 Å². The van der Waals surface area contributed by atoms with Gasteiger partial charge in [0.2, 0.25) is 0 Å². The van der Waals surface area contributed by atoms with Gasteiger partial charge in [0.05, 0.1) is 0 Å². The Morgan fingerprint density at radius 3 is 1.67 bits per heavy atom. The van der Waals surface area contributed by atoms with Crippen molar-refractivity contribution < 1.29 is 0 Å². The van der Waals surface area contributed by atoms with Crippen LogP contribution in [0.25, 0.3) is 0 Å². The molecule has 0 bridgehead atoms. The number of hydrogen-bond donors (Lipinski definition) is 3. The fraction of sp³-hybridized carbons (Fsp3) is 1.00. The molecule has 0 spiro atoms. The van der Waals surface area contributed by atoms with Gasteiger partial charge >= 0.3 is 0 Å². The van der Waals surface area contributed by atoms with Crippen LogP contribution in [0.4, 0.5) is 0 Å². The third kappa shape index (κ3) is 8.82. The molecule has 0 saturated carbocycles. The fourth-order valence-electron chi connectivity index (χ4n) is 0. The highest BCUT2D eigenvalue weighted by Crippen LogP contribution is 2.01. The van der Waals surface area contributed by atoms with Crippen LogP contribution in [-0.4, -0.2) is 4.58 Å². The molecule has 6 heavy (non-hydrogen) atoms. The van der Waals surface area contributed by atoms with Gasteiger partial charge in [-0.1, -0.05) is 6.92 Å². The largest absolute Gasteiger partial charge is 0.344 e. The number of rotatable bonds is 1. The van der Waals surface area contributed by atoms with Crippen LogP contribution in [-0.2, 0) is 0 Å². The summed E-state index contributed by atoms with van der Waals surface area (Å²) in [7, 11) is 0. The second kappa shape index (κ2) is 5.66. The minimum absolute atomic E-state index is 0. The molecule has 0 aliphatic heterocycles. The summed E-state index contributed by atoms with van der Waals surface area (Å²) >= 11 is 7.92. The van der Waals surface area contributed by atoms with E-state index < -0.39 is 0 Å². The van der Waals surface area contributed by atoms with Gasteiger partial charge in [0, 0.05) is 4.58 Å². The maximum absolute atomic E-state index is 3.96. The van der Waals surface area contributed by atoms with Crippen LogP contribution >= 0.6 is 25.3 Å². The normalized spacial score (nSPS) is 8.00. The number of hydrogen-bond acceptors (Lipinski definition) is 3. The van der Waals surface area contributed by atoms with Crippen molar-refractivity contribution in [1.82, 2.24) is 6.15 Å². The van der Waals surface area contributed by atoms with Gasteiger partial charge in [-0.25, -0.2) is 0 Å². The smallest absolute Gasteiger partial charge is 0.0439 e. The zero-order chi connectivity index (χ0) is 4.28. The Balaban J connectivity index is 0. The van der Waals surface area contributed by atoms with Gasteiger partial charge in [-0.3, -0.25) is 0 Å². The molecule has 0 rings (SSSR count). The first kappa shape index (κ1) is 9.83. The Morgan fingerprint density at radius 1 is 1.50 bits per heavy atom. The summed E-state index contributed by atoms with van der Waals surface area (Å²) < 4.78 is 0.273. The van der Waals surface area contributed by atoms with Crippen LogP contribution in [0.3, 0.4) is 0 Å². The van der Waals surface area contributed by atoms with Gasteiger partial charge in [-0.2, -0.15) is 25.3 Å². The summed E-state index contributed by atoms with van der Waals surface area (Å²) in [6.07, 6.45) is 1.03. The van der Waals surface area contributed by atoms with Gasteiger partial charge in [0.1, 0.15) is 0 Å². The molecule has 0 amide bonds. The summed E-state index contributed by atoms with van der Waals surface area (Å²) in [5, 5.41) is 0. The number of thiol groups is 2. The fourth-order valence-corrected chi connectivity index (χ4v) is 0. The van der Waals surface area contributed by atoms with E-state index >= 15 is 0 Å². The molecule has 0 aliphatic rings. The summed E-state index contributed by atoms with van der Waals surface area (Å²) in [6.45, 7) is 2.05. The standard InChI is InChI=1S/C3H8S2.H3N/c1-2-3(4)5;/h3-5H,2H2,1H3;1H3. The highest BCUT2D eigenvalue weighted by atomic mass is 32.2. The van der Waals surface area contributed by atoms with E-state index in [1.54, 1.807) is 0 Å². The Morgan fingerprint density at radius 2 is 1.67 bits per heavy atom. The molecule has 0 aromatic carbocycles. The molecule has 0 aromatic rings. The molecule has 3 N–H and O–H groups in total. The van der Waals surface area contributed by atoms with Crippen LogP contribution in [0.5, 0.6) is 0 Å². The molecule has 0 fully saturated rings. The third-order valence-electron chi connectivity index (χ3n) is 0.365. The summed E-state index contributed by atoms with van der Waals surface area (Å²) in [5.41, 5.74) is 0. The highest BCUT2D eigenvalue weighted by Gasteiger charge is 1.82. The molecule has 1 nitrogen and oxygen atoms in total. The molecule has 0 heterocycles. The lowest BCUT2D eigenvalue weighted by molar-refractivity contribution is 1.07. The second-order valence-corrected chi connectivity index (χ2v) is 2.54. The molecule has 3 heteroatoms. The van der Waals surface area contributed by atoms with E-state index in [2.05, 4.69) is 25.3 Å². The average Bonchev–Trinajstić information content (AvgIpc) is 1.38. The van der Waals surface area contributed by atoms with Crippen molar-refractivity contribution in [3.8, 4) is 0 Å². The Labute approximate surface area is 49.9 Å². The lowest BCUT2D eigenvalue weighted by atomic mass is 10.6. The maximum atomic E-state index is 3.96. The van der Waals surface area contributed by atoms with Crippen molar-refractivity contribution in [2.24, 2.45) is 0 Å². The topological polar surface area (TPSA) is 35.0 Å². The molecular formula is C3H11NS2. The van der Waals surface area contributed by atoms with Gasteiger partial charge < -0.3 is 6.15 Å². The Kier molecular flexibility index (Phi) is 9.27. The molecular weight excluding hydrogens is 114 g/mol. The van der Waals surface area contributed by atoms with Crippen LogP contribution in [0, 0.1) is 0 Å². The van der Waals surface area contributed by atoms with Gasteiger partial charge in [0.25, 0.3) is 0 Å². The first-order valence-corrected chi connectivity index (χ1v) is 2.66. The maximum Gasteiger partial charge on any atom is 0.0439 e. The third-order valence-corrected chi connectivity index (χ3v) is 1.10. The van der Waals surface area contributed by atoms with E-state index in [4.69, 9.17) is 0 Å². The Bertz CT molecular complexity index is 22.8. The lowest BCUT2D eigenvalue weighted by Crippen LogP contribution is -1.76. The van der Waals surface area contributed by atoms with Crippen molar-refractivity contribution in [3.05, 3.63) is 0 Å². The van der Waals surface area contributed by atoms with Gasteiger partial charge in [-0.05, 0) is 6.42 Å². The van der Waals surface area contributed by atoms with Crippen molar-refractivity contribution in [1.29, 1.82) is 0 Å². The first-order chi connectivity index (χ1) is 2.27. The van der Waals surface area contributed by atoms with E-state index in [1.165, 1.54) is 0 Å². The van der Waals surface area contributed by atoms with E-state index in [9.17, 15) is 0 Å². The van der Waals surface area contributed by atoms with Crippen molar-refractivity contribution >= 4 is 25.3 Å². The van der Waals surface area contributed by atoms with Crippen LogP contribution < -0.4 is 6.15 Å². The Hall–Kier alpha value is 0.660. The van der Waals surface area contributed by atoms with Crippen LogP contribution in [0.15, 0.2) is 0 Å². The quantitative estimate of drug-likeness (QED) is 0.362. The monoisotopic (exact) mass is 125 g/mol. The first-order valence-electron chi connectivity index (χ1n) is 1.63. The summed E-state index contributed by atoms with van der Waals surface area (Å²) in [4.78, 5) is 0. The molecule has 0 radical (unpaired) electrons. The lowest BCUT2D eigenvalue weighted by Gasteiger charge is -1.89. The van der Waals surface area contributed by atoms with Crippen molar-refractivity contribution in [2.45, 2.75) is 17.9 Å². The molecule has 0 saturated heterocycles. The predicted molar refractivity (Wildman–Crippen MR) is 37.1 cm³/mol.